The van der Waals surface area contributed by atoms with Crippen molar-refractivity contribution in [2.24, 2.45) is 0 Å². The topological polar surface area (TPSA) is 96.1 Å². The van der Waals surface area contributed by atoms with Crippen molar-refractivity contribution < 1.29 is 23.8 Å². The van der Waals surface area contributed by atoms with Crippen molar-refractivity contribution >= 4 is 17.2 Å². The van der Waals surface area contributed by atoms with Gasteiger partial charge in [-0.15, -0.1) is 4.73 Å². The third kappa shape index (κ3) is 2.97. The fourth-order valence-corrected chi connectivity index (χ4v) is 4.87. The minimum absolute atomic E-state index is 0.0569. The molecule has 4 aliphatic rings. The number of nitrogens with zero attached hydrogens (tertiary/aromatic N) is 3. The Morgan fingerprint density at radius 2 is 2.16 bits per heavy atom. The molecule has 10 heteroatoms. The minimum atomic E-state index is -0.827. The lowest BCUT2D eigenvalue weighted by Crippen LogP contribution is -2.45. The summed E-state index contributed by atoms with van der Waals surface area (Å²) < 4.78 is 26.6. The number of imidazole rings is 1. The molecule has 2 saturated carbocycles. The van der Waals surface area contributed by atoms with Gasteiger partial charge < -0.3 is 19.2 Å². The number of nitrogens with one attached hydrogen (secondary N) is 1. The van der Waals surface area contributed by atoms with Gasteiger partial charge in [-0.25, -0.2) is 4.98 Å². The summed E-state index contributed by atoms with van der Waals surface area (Å²) in [6, 6.07) is 4.51. The van der Waals surface area contributed by atoms with Crippen molar-refractivity contribution in [2.75, 3.05) is 11.9 Å². The molecule has 0 unspecified atom stereocenters. The first-order valence-corrected chi connectivity index (χ1v) is 10.5. The first-order chi connectivity index (χ1) is 15.4. The molecule has 9 nitrogen and oxygen atoms in total. The Balaban J connectivity index is 1.37. The monoisotopic (exact) mass is 440 g/mol. The van der Waals surface area contributed by atoms with Crippen molar-refractivity contribution in [1.82, 2.24) is 14.1 Å². The first kappa shape index (κ1) is 19.3. The van der Waals surface area contributed by atoms with Crippen LogP contribution < -0.4 is 20.7 Å². The van der Waals surface area contributed by atoms with E-state index in [-0.39, 0.29) is 28.4 Å². The van der Waals surface area contributed by atoms with Gasteiger partial charge in [0.25, 0.3) is 5.91 Å². The summed E-state index contributed by atoms with van der Waals surface area (Å²) in [6.07, 6.45) is 8.44. The van der Waals surface area contributed by atoms with E-state index in [1.807, 2.05) is 6.20 Å². The number of rotatable bonds is 6. The second-order valence-corrected chi connectivity index (χ2v) is 9.21. The van der Waals surface area contributed by atoms with E-state index in [1.165, 1.54) is 12.1 Å². The molecule has 2 aliphatic heterocycles. The Morgan fingerprint density at radius 3 is 2.84 bits per heavy atom. The van der Waals surface area contributed by atoms with Gasteiger partial charge in [0.05, 0.1) is 35.8 Å². The fourth-order valence-electron chi connectivity index (χ4n) is 4.87. The van der Waals surface area contributed by atoms with Crippen molar-refractivity contribution in [3.05, 3.63) is 58.4 Å². The molecule has 5 heterocycles. The number of hydrogen-bond acceptors (Lipinski definition) is 6. The van der Waals surface area contributed by atoms with Crippen LogP contribution in [0.5, 0.6) is 5.75 Å². The lowest BCUT2D eigenvalue weighted by molar-refractivity contribution is -0.141. The highest BCUT2D eigenvalue weighted by atomic mass is 19.3. The second-order valence-electron chi connectivity index (χ2n) is 9.21. The molecular formula is C22H21FN4O5. The number of hydrogen-bond donors (Lipinski definition) is 1. The van der Waals surface area contributed by atoms with Gasteiger partial charge in [0.1, 0.15) is 17.1 Å². The molecule has 0 aromatic carbocycles. The Morgan fingerprint density at radius 1 is 1.34 bits per heavy atom. The highest BCUT2D eigenvalue weighted by Crippen LogP contribution is 2.58. The lowest BCUT2D eigenvalue weighted by atomic mass is 9.62. The molecule has 2 bridgehead atoms. The van der Waals surface area contributed by atoms with Crippen molar-refractivity contribution in [2.45, 2.75) is 49.7 Å². The number of carbonyl (C=O) groups excluding carboxylic acids is 1. The van der Waals surface area contributed by atoms with E-state index >= 15 is 0 Å². The number of amides is 1. The van der Waals surface area contributed by atoms with Gasteiger partial charge in [0.15, 0.2) is 0 Å². The number of halogens is 1. The van der Waals surface area contributed by atoms with Crippen molar-refractivity contribution in [3.63, 3.8) is 0 Å². The first-order valence-electron chi connectivity index (χ1n) is 10.5. The molecule has 0 atom stereocenters. The maximum absolute atomic E-state index is 13.1. The molecule has 0 radical (unpaired) electrons. The largest absolute Gasteiger partial charge is 0.489 e. The van der Waals surface area contributed by atoms with Crippen LogP contribution in [0, 0.1) is 0 Å². The van der Waals surface area contributed by atoms with Crippen LogP contribution in [0.3, 0.4) is 0 Å². The maximum atomic E-state index is 13.1. The highest BCUT2D eigenvalue weighted by molar-refractivity contribution is 6.06. The molecule has 32 heavy (non-hydrogen) atoms. The van der Waals surface area contributed by atoms with E-state index in [9.17, 15) is 14.1 Å². The van der Waals surface area contributed by atoms with Crippen LogP contribution in [0.2, 0.25) is 0 Å². The molecule has 1 amide bonds. The normalized spacial score (nSPS) is 26.1. The Hall–Kier alpha value is -3.40. The average molecular weight is 440 g/mol. The van der Waals surface area contributed by atoms with E-state index in [0.29, 0.717) is 22.7 Å². The number of carbonyl (C=O) groups is 1. The molecule has 7 rings (SSSR count). The molecule has 166 valence electrons. The lowest BCUT2D eigenvalue weighted by Gasteiger charge is -2.41. The third-order valence-electron chi connectivity index (χ3n) is 6.52. The highest BCUT2D eigenvalue weighted by Gasteiger charge is 2.61. The van der Waals surface area contributed by atoms with Gasteiger partial charge in [-0.1, -0.05) is 0 Å². The third-order valence-corrected chi connectivity index (χ3v) is 6.52. The Bertz CT molecular complexity index is 1310. The Kier molecular flexibility index (Phi) is 3.95. The smallest absolute Gasteiger partial charge is 0.309 e. The summed E-state index contributed by atoms with van der Waals surface area (Å²) >= 11 is 0. The van der Waals surface area contributed by atoms with Crippen LogP contribution in [0.4, 0.5) is 10.2 Å². The number of anilines is 1. The predicted octanol–water partition coefficient (Wildman–Crippen LogP) is 2.42. The zero-order valence-electron chi connectivity index (χ0n) is 17.3. The summed E-state index contributed by atoms with van der Waals surface area (Å²) in [5.41, 5.74) is 0.781. The van der Waals surface area contributed by atoms with E-state index in [2.05, 4.69) is 17.3 Å². The van der Waals surface area contributed by atoms with Crippen LogP contribution in [-0.2, 0) is 10.2 Å². The molecule has 0 spiro atoms. The van der Waals surface area contributed by atoms with Crippen LogP contribution in [0.25, 0.3) is 5.65 Å². The molecular weight excluding hydrogens is 419 g/mol. The minimum Gasteiger partial charge on any atom is -0.489 e. The van der Waals surface area contributed by atoms with Gasteiger partial charge in [-0.05, 0) is 44.7 Å². The predicted molar refractivity (Wildman–Crippen MR) is 110 cm³/mol. The molecule has 1 N–H and O–H groups in total. The molecule has 2 saturated heterocycles. The van der Waals surface area contributed by atoms with Crippen molar-refractivity contribution in [1.29, 1.82) is 0 Å². The fraction of sp³-hybridized carbons (Fsp3) is 0.409. The van der Waals surface area contributed by atoms with Gasteiger partial charge in [-0.2, -0.15) is 5.04 Å². The van der Waals surface area contributed by atoms with Crippen LogP contribution in [-0.4, -0.2) is 38.3 Å². The summed E-state index contributed by atoms with van der Waals surface area (Å²) in [5.74, 6) is -0.156. The number of ether oxygens (including phenoxy) is 2. The van der Waals surface area contributed by atoms with Crippen LogP contribution >= 0.6 is 0 Å². The van der Waals surface area contributed by atoms with Crippen molar-refractivity contribution in [3.8, 4) is 5.75 Å². The number of aromatic nitrogens is 3. The quantitative estimate of drug-likeness (QED) is 0.633. The summed E-state index contributed by atoms with van der Waals surface area (Å²) in [6.45, 7) is 2.76. The summed E-state index contributed by atoms with van der Waals surface area (Å²) in [5, 5.41) is 6.02. The standard InChI is InChI=1S/C22H21FN4O5/c1-21-10-22(11-21,12-30-21)17-9-26-8-14(16(7-18(26)25-17)31-13-4-5-13)19(28)24-15-3-2-6-27(32-23)20(15)29/h2-3,6-9,13H,4-5,10-12H2,1H3,(H,24,28). The zero-order chi connectivity index (χ0) is 22.1. The average Bonchev–Trinajstić information content (AvgIpc) is 3.21. The van der Waals surface area contributed by atoms with Gasteiger partial charge >= 0.3 is 5.56 Å². The van der Waals surface area contributed by atoms with Gasteiger partial charge in [-0.3, -0.25) is 9.59 Å². The van der Waals surface area contributed by atoms with E-state index in [1.54, 1.807) is 16.7 Å². The molecule has 2 aliphatic carbocycles. The summed E-state index contributed by atoms with van der Waals surface area (Å²) in [4.78, 5) is 30.1. The second kappa shape index (κ2) is 6.55. The van der Waals surface area contributed by atoms with E-state index in [4.69, 9.17) is 14.5 Å². The number of fused-ring (bicyclic) bond motifs is 2. The summed E-state index contributed by atoms with van der Waals surface area (Å²) in [7, 11) is 0. The Labute approximate surface area is 181 Å². The van der Waals surface area contributed by atoms with Gasteiger partial charge in [0, 0.05) is 28.4 Å². The van der Waals surface area contributed by atoms with E-state index < -0.39 is 11.5 Å². The number of pyridine rings is 2. The van der Waals surface area contributed by atoms with E-state index in [0.717, 1.165) is 37.6 Å². The SMILES string of the molecule is CC12CC(c3cn4cc(C(=O)Nc5cccn(OF)c5=O)c(OC5CC5)cc4n3)(CO1)C2. The molecule has 3 aromatic heterocycles. The zero-order valence-corrected chi connectivity index (χ0v) is 17.3. The maximum Gasteiger partial charge on any atom is 0.309 e. The molecule has 4 fully saturated rings. The molecule has 3 aromatic rings. The van der Waals surface area contributed by atoms with Crippen LogP contribution in [0.15, 0.2) is 41.6 Å². The van der Waals surface area contributed by atoms with Crippen LogP contribution in [0.1, 0.15) is 48.7 Å². The van der Waals surface area contributed by atoms with Gasteiger partial charge in [0.2, 0.25) is 0 Å².